The lowest BCUT2D eigenvalue weighted by Gasteiger charge is -2.37. The molecule has 1 atom stereocenters. The Bertz CT molecular complexity index is 630. The molecule has 1 aliphatic rings. The van der Waals surface area contributed by atoms with E-state index in [-0.39, 0.29) is 0 Å². The first-order valence-corrected chi connectivity index (χ1v) is 8.96. The summed E-state index contributed by atoms with van der Waals surface area (Å²) in [6.45, 7) is 0.996. The second kappa shape index (κ2) is 7.37. The summed E-state index contributed by atoms with van der Waals surface area (Å²) < 4.78 is 1.22. The van der Waals surface area contributed by atoms with Crippen molar-refractivity contribution < 1.29 is 0 Å². The van der Waals surface area contributed by atoms with Crippen LogP contribution in [0.4, 0.5) is 5.69 Å². The van der Waals surface area contributed by atoms with Gasteiger partial charge < -0.3 is 10.2 Å². The highest BCUT2D eigenvalue weighted by atomic mass is 127. The molecule has 0 amide bonds. The van der Waals surface area contributed by atoms with Crippen LogP contribution in [0.3, 0.4) is 0 Å². The van der Waals surface area contributed by atoms with Gasteiger partial charge in [-0.15, -0.1) is 0 Å². The van der Waals surface area contributed by atoms with Crippen LogP contribution >= 0.6 is 34.8 Å². The Morgan fingerprint density at radius 2 is 2.05 bits per heavy atom. The normalized spacial score (nSPS) is 18.0. The molecule has 1 fully saturated rings. The van der Waals surface area contributed by atoms with Crippen LogP contribution in [0, 0.1) is 3.57 Å². The largest absolute Gasteiger partial charge is 0.342 e. The van der Waals surface area contributed by atoms with Crippen LogP contribution in [0.5, 0.6) is 0 Å². The number of piperidine rings is 1. The van der Waals surface area contributed by atoms with Crippen molar-refractivity contribution in [1.29, 1.82) is 0 Å². The van der Waals surface area contributed by atoms with Crippen LogP contribution in [0.2, 0.25) is 0 Å². The molecule has 0 radical (unpaired) electrons. The smallest absolute Gasteiger partial charge is 0.173 e. The van der Waals surface area contributed by atoms with Gasteiger partial charge in [0, 0.05) is 28.2 Å². The predicted molar refractivity (Wildman–Crippen MR) is 103 cm³/mol. The number of hydrogen-bond donors (Lipinski definition) is 1. The molecular weight excluding hydrogens is 405 g/mol. The second-order valence-corrected chi connectivity index (χ2v) is 7.06. The Morgan fingerprint density at radius 1 is 1.23 bits per heavy atom. The van der Waals surface area contributed by atoms with Crippen LogP contribution in [0.15, 0.2) is 48.8 Å². The Hall–Kier alpha value is -1.21. The SMILES string of the molecule is S=C(Nc1ccc(I)cc1)N1CCCCC1c1cccnc1. The Balaban J connectivity index is 1.75. The summed E-state index contributed by atoms with van der Waals surface area (Å²) >= 11 is 7.96. The zero-order valence-electron chi connectivity index (χ0n) is 12.2. The van der Waals surface area contributed by atoms with Crippen LogP contribution in [-0.4, -0.2) is 21.5 Å². The van der Waals surface area contributed by atoms with Crippen LogP contribution < -0.4 is 5.32 Å². The fourth-order valence-electron chi connectivity index (χ4n) is 2.82. The van der Waals surface area contributed by atoms with E-state index < -0.39 is 0 Å². The third-order valence-corrected chi connectivity index (χ3v) is 4.98. The number of anilines is 1. The van der Waals surface area contributed by atoms with Crippen molar-refractivity contribution in [2.45, 2.75) is 25.3 Å². The molecule has 2 heterocycles. The summed E-state index contributed by atoms with van der Waals surface area (Å²) in [7, 11) is 0. The summed E-state index contributed by atoms with van der Waals surface area (Å²) in [6, 6.07) is 12.8. The number of nitrogens with one attached hydrogen (secondary N) is 1. The van der Waals surface area contributed by atoms with E-state index in [4.69, 9.17) is 12.2 Å². The van der Waals surface area contributed by atoms with Gasteiger partial charge in [0.25, 0.3) is 0 Å². The number of nitrogens with zero attached hydrogens (tertiary/aromatic N) is 2. The molecule has 3 rings (SSSR count). The number of pyridine rings is 1. The highest BCUT2D eigenvalue weighted by Gasteiger charge is 2.26. The quantitative estimate of drug-likeness (QED) is 0.564. The monoisotopic (exact) mass is 423 g/mol. The Kier molecular flexibility index (Phi) is 5.25. The van der Waals surface area contributed by atoms with Crippen LogP contribution in [0.1, 0.15) is 30.9 Å². The maximum atomic E-state index is 5.66. The van der Waals surface area contributed by atoms with Crippen molar-refractivity contribution in [3.63, 3.8) is 0 Å². The highest BCUT2D eigenvalue weighted by molar-refractivity contribution is 14.1. The summed E-state index contributed by atoms with van der Waals surface area (Å²) in [5, 5.41) is 4.17. The summed E-state index contributed by atoms with van der Waals surface area (Å²) in [4.78, 5) is 6.56. The Morgan fingerprint density at radius 3 is 2.77 bits per heavy atom. The second-order valence-electron chi connectivity index (χ2n) is 5.43. The van der Waals surface area contributed by atoms with Crippen molar-refractivity contribution in [2.75, 3.05) is 11.9 Å². The molecule has 1 unspecified atom stereocenters. The van der Waals surface area contributed by atoms with Gasteiger partial charge in [-0.05, 0) is 90.0 Å². The maximum Gasteiger partial charge on any atom is 0.173 e. The summed E-state index contributed by atoms with van der Waals surface area (Å²) in [6.07, 6.45) is 7.32. The molecule has 0 saturated carbocycles. The van der Waals surface area contributed by atoms with Gasteiger partial charge in [-0.1, -0.05) is 6.07 Å². The molecule has 5 heteroatoms. The van der Waals surface area contributed by atoms with Gasteiger partial charge in [0.05, 0.1) is 6.04 Å². The molecule has 3 nitrogen and oxygen atoms in total. The molecule has 1 aromatic carbocycles. The first-order chi connectivity index (χ1) is 10.7. The minimum atomic E-state index is 0.325. The molecule has 1 N–H and O–H groups in total. The predicted octanol–water partition coefficient (Wildman–Crippen LogP) is 4.61. The number of aromatic nitrogens is 1. The van der Waals surface area contributed by atoms with Gasteiger partial charge in [0.1, 0.15) is 0 Å². The fourth-order valence-corrected chi connectivity index (χ4v) is 3.52. The van der Waals surface area contributed by atoms with Gasteiger partial charge in [-0.25, -0.2) is 0 Å². The lowest BCUT2D eigenvalue weighted by molar-refractivity contribution is 0.248. The number of halogens is 1. The molecule has 1 aliphatic heterocycles. The van der Waals surface area contributed by atoms with E-state index in [1.807, 2.05) is 18.5 Å². The summed E-state index contributed by atoms with van der Waals surface area (Å²) in [5.41, 5.74) is 2.29. The maximum absolute atomic E-state index is 5.66. The minimum absolute atomic E-state index is 0.325. The van der Waals surface area contributed by atoms with Gasteiger partial charge in [-0.3, -0.25) is 4.98 Å². The van der Waals surface area contributed by atoms with Gasteiger partial charge in [-0.2, -0.15) is 0 Å². The number of rotatable bonds is 2. The lowest BCUT2D eigenvalue weighted by Crippen LogP contribution is -2.41. The van der Waals surface area contributed by atoms with Crippen molar-refractivity contribution in [3.05, 3.63) is 57.9 Å². The minimum Gasteiger partial charge on any atom is -0.342 e. The first-order valence-electron chi connectivity index (χ1n) is 7.47. The number of thiocarbonyl (C=S) groups is 1. The molecule has 114 valence electrons. The van der Waals surface area contributed by atoms with E-state index in [9.17, 15) is 0 Å². The third kappa shape index (κ3) is 3.76. The zero-order valence-corrected chi connectivity index (χ0v) is 15.2. The van der Waals surface area contributed by atoms with Crippen molar-refractivity contribution in [2.24, 2.45) is 0 Å². The summed E-state index contributed by atoms with van der Waals surface area (Å²) in [5.74, 6) is 0. The van der Waals surface area contributed by atoms with Gasteiger partial charge in [0.15, 0.2) is 5.11 Å². The van der Waals surface area contributed by atoms with E-state index >= 15 is 0 Å². The van der Waals surface area contributed by atoms with E-state index in [2.05, 4.69) is 68.1 Å². The van der Waals surface area contributed by atoms with Crippen molar-refractivity contribution in [1.82, 2.24) is 9.88 Å². The van der Waals surface area contributed by atoms with Gasteiger partial charge >= 0.3 is 0 Å². The standard InChI is InChI=1S/C17H18IN3S/c18-14-6-8-15(9-7-14)20-17(22)21-11-2-1-5-16(21)13-4-3-10-19-12-13/h3-4,6-10,12,16H,1-2,5,11H2,(H,20,22). The van der Waals surface area contributed by atoms with E-state index in [0.717, 1.165) is 23.8 Å². The lowest BCUT2D eigenvalue weighted by atomic mass is 9.97. The Labute approximate surface area is 150 Å². The molecule has 22 heavy (non-hydrogen) atoms. The van der Waals surface area contributed by atoms with Gasteiger partial charge in [0.2, 0.25) is 0 Å². The average molecular weight is 423 g/mol. The zero-order chi connectivity index (χ0) is 15.4. The molecule has 0 bridgehead atoms. The van der Waals surface area contributed by atoms with E-state index in [1.165, 1.54) is 22.0 Å². The van der Waals surface area contributed by atoms with Crippen LogP contribution in [-0.2, 0) is 0 Å². The topological polar surface area (TPSA) is 28.2 Å². The van der Waals surface area contributed by atoms with Crippen LogP contribution in [0.25, 0.3) is 0 Å². The van der Waals surface area contributed by atoms with Crippen molar-refractivity contribution in [3.8, 4) is 0 Å². The molecule has 0 aliphatic carbocycles. The molecule has 2 aromatic rings. The molecule has 0 spiro atoms. The molecular formula is C17H18IN3S. The van der Waals surface area contributed by atoms with E-state index in [0.29, 0.717) is 6.04 Å². The highest BCUT2D eigenvalue weighted by Crippen LogP contribution is 2.31. The third-order valence-electron chi connectivity index (χ3n) is 3.93. The van der Waals surface area contributed by atoms with Crippen molar-refractivity contribution >= 4 is 45.6 Å². The fraction of sp³-hybridized carbons (Fsp3) is 0.294. The number of benzene rings is 1. The number of likely N-dealkylation sites (tertiary alicyclic amines) is 1. The first kappa shape index (κ1) is 15.7. The number of hydrogen-bond acceptors (Lipinski definition) is 2. The van der Waals surface area contributed by atoms with E-state index in [1.54, 1.807) is 0 Å². The molecule has 1 aromatic heterocycles. The molecule has 1 saturated heterocycles. The average Bonchev–Trinajstić information content (AvgIpc) is 2.58.